The number of nitrogen functional groups attached to an aromatic ring is 2. The van der Waals surface area contributed by atoms with E-state index in [0.29, 0.717) is 37.3 Å². The minimum atomic E-state index is -4.33. The Morgan fingerprint density at radius 3 is 1.93 bits per heavy atom. The van der Waals surface area contributed by atoms with Crippen LogP contribution in [0.1, 0.15) is 61.3 Å². The summed E-state index contributed by atoms with van der Waals surface area (Å²) in [6.07, 6.45) is 2.84. The van der Waals surface area contributed by atoms with E-state index in [1.807, 2.05) is 50.1 Å². The van der Waals surface area contributed by atoms with Crippen molar-refractivity contribution >= 4 is 41.4 Å². The first-order chi connectivity index (χ1) is 26.4. The van der Waals surface area contributed by atoms with Crippen LogP contribution in [0.2, 0.25) is 0 Å². The monoisotopic (exact) mass is 786 g/mol. The van der Waals surface area contributed by atoms with E-state index in [0.717, 1.165) is 78.8 Å². The van der Waals surface area contributed by atoms with Crippen LogP contribution in [0, 0.1) is 12.8 Å². The van der Waals surface area contributed by atoms with Gasteiger partial charge in [-0.05, 0) is 105 Å². The van der Waals surface area contributed by atoms with E-state index in [9.17, 15) is 27.6 Å². The van der Waals surface area contributed by atoms with Crippen molar-refractivity contribution in [3.8, 4) is 0 Å². The molecule has 0 spiro atoms. The van der Waals surface area contributed by atoms with Gasteiger partial charge in [0.1, 0.15) is 6.29 Å². The molecule has 310 valence electrons. The maximum Gasteiger partial charge on any atom is 0.416 e. The maximum absolute atomic E-state index is 12.7. The highest BCUT2D eigenvalue weighted by atomic mass is 19.4. The fourth-order valence-corrected chi connectivity index (χ4v) is 6.31. The molecule has 3 atom stereocenters. The molecule has 0 saturated carbocycles. The number of aldehydes is 1. The lowest BCUT2D eigenvalue weighted by molar-refractivity contribution is -0.137. The summed E-state index contributed by atoms with van der Waals surface area (Å²) in [5.74, 6) is 11.4. The Bertz CT molecular complexity index is 1650. The molecule has 16 heteroatoms. The molecule has 2 saturated heterocycles. The number of halogens is 3. The minimum Gasteiger partial charge on any atom is -0.397 e. The van der Waals surface area contributed by atoms with Gasteiger partial charge in [0.15, 0.2) is 0 Å². The van der Waals surface area contributed by atoms with Crippen molar-refractivity contribution < 1.29 is 27.6 Å². The van der Waals surface area contributed by atoms with Gasteiger partial charge in [-0.25, -0.2) is 11.7 Å². The van der Waals surface area contributed by atoms with E-state index in [1.165, 1.54) is 35.0 Å². The van der Waals surface area contributed by atoms with Gasteiger partial charge >= 0.3 is 6.18 Å². The number of carbonyl (C=O) groups excluding carboxylic acids is 3. The zero-order valence-electron chi connectivity index (χ0n) is 33.3. The van der Waals surface area contributed by atoms with Crippen molar-refractivity contribution in [3.05, 3.63) is 82.9 Å². The fraction of sp³-hybridized carbons (Fsp3) is 0.475. The number of nitrogens with two attached hydrogens (primary N) is 5. The van der Waals surface area contributed by atoms with Crippen LogP contribution in [0.25, 0.3) is 0 Å². The number of hydrazine groups is 2. The second-order valence-electron chi connectivity index (χ2n) is 14.3. The summed E-state index contributed by atoms with van der Waals surface area (Å²) in [5.41, 5.74) is 21.9. The highest BCUT2D eigenvalue weighted by Gasteiger charge is 2.35. The van der Waals surface area contributed by atoms with E-state index < -0.39 is 11.7 Å². The lowest BCUT2D eigenvalue weighted by Crippen LogP contribution is -2.41. The van der Waals surface area contributed by atoms with Gasteiger partial charge in [-0.1, -0.05) is 37.6 Å². The number of hydrogen-bond acceptors (Lipinski definition) is 11. The first-order valence-electron chi connectivity index (χ1n) is 18.7. The molecule has 2 aliphatic heterocycles. The molecule has 3 aromatic rings. The number of rotatable bonds is 11. The van der Waals surface area contributed by atoms with Crippen LogP contribution in [0.4, 0.5) is 35.9 Å². The summed E-state index contributed by atoms with van der Waals surface area (Å²) in [7, 11) is 5.35. The summed E-state index contributed by atoms with van der Waals surface area (Å²) in [6, 6.07) is 16.0. The van der Waals surface area contributed by atoms with Gasteiger partial charge < -0.3 is 42.2 Å². The van der Waals surface area contributed by atoms with Crippen LogP contribution in [0.15, 0.2) is 60.7 Å². The van der Waals surface area contributed by atoms with Gasteiger partial charge in [-0.2, -0.15) is 13.2 Å². The number of alkyl halides is 3. The number of nitrogens with one attached hydrogen (secondary N) is 1. The van der Waals surface area contributed by atoms with Gasteiger partial charge in [-0.15, -0.1) is 0 Å². The predicted molar refractivity (Wildman–Crippen MR) is 219 cm³/mol. The smallest absolute Gasteiger partial charge is 0.397 e. The van der Waals surface area contributed by atoms with Crippen LogP contribution < -0.4 is 44.2 Å². The molecule has 0 aliphatic carbocycles. The van der Waals surface area contributed by atoms with Crippen LogP contribution in [0.5, 0.6) is 0 Å². The number of likely N-dealkylation sites (N-methyl/N-ethyl adjacent to an activating group) is 1. The first kappa shape index (κ1) is 47.3. The van der Waals surface area contributed by atoms with Crippen molar-refractivity contribution in [2.24, 2.45) is 23.3 Å². The molecule has 2 heterocycles. The van der Waals surface area contributed by atoms with Gasteiger partial charge in [0.25, 0.3) is 0 Å². The summed E-state index contributed by atoms with van der Waals surface area (Å²) in [6.45, 7) is 7.02. The zero-order valence-corrected chi connectivity index (χ0v) is 33.3. The van der Waals surface area contributed by atoms with E-state index in [1.54, 1.807) is 31.1 Å². The largest absolute Gasteiger partial charge is 0.416 e. The van der Waals surface area contributed by atoms with E-state index in [-0.39, 0.29) is 23.9 Å². The first-order valence-corrected chi connectivity index (χ1v) is 18.7. The van der Waals surface area contributed by atoms with Crippen molar-refractivity contribution in [2.75, 3.05) is 62.3 Å². The molecule has 3 unspecified atom stereocenters. The van der Waals surface area contributed by atoms with Crippen LogP contribution >= 0.6 is 0 Å². The topological polar surface area (TPSA) is 206 Å². The third kappa shape index (κ3) is 16.1. The van der Waals surface area contributed by atoms with Crippen LogP contribution in [-0.2, 0) is 33.5 Å². The second-order valence-corrected chi connectivity index (χ2v) is 14.3. The zero-order chi connectivity index (χ0) is 42.0. The molecule has 3 aromatic carbocycles. The Hall–Kier alpha value is -4.90. The van der Waals surface area contributed by atoms with Crippen molar-refractivity contribution in [3.63, 3.8) is 0 Å². The summed E-state index contributed by atoms with van der Waals surface area (Å²) >= 11 is 0. The number of aryl methyl sites for hydroxylation is 1. The molecule has 2 aliphatic rings. The Kier molecular flexibility index (Phi) is 19.6. The predicted octanol–water partition coefficient (Wildman–Crippen LogP) is 4.22. The third-order valence-electron chi connectivity index (χ3n) is 9.33. The average molecular weight is 787 g/mol. The number of hydrogen-bond donors (Lipinski definition) is 6. The van der Waals surface area contributed by atoms with Gasteiger partial charge in [-0.3, -0.25) is 14.5 Å². The number of anilines is 4. The van der Waals surface area contributed by atoms with Crippen LogP contribution in [0.3, 0.4) is 0 Å². The molecule has 0 bridgehead atoms. The molecular weight excluding hydrogens is 726 g/mol. The Labute approximate surface area is 329 Å². The maximum atomic E-state index is 12.7. The number of nitrogens with zero attached hydrogens (tertiary/aromatic N) is 4. The van der Waals surface area contributed by atoms with Gasteiger partial charge in [0, 0.05) is 40.3 Å². The summed E-state index contributed by atoms with van der Waals surface area (Å²) in [4.78, 5) is 36.2. The van der Waals surface area contributed by atoms with Gasteiger partial charge in [0.05, 0.1) is 40.4 Å². The quantitative estimate of drug-likeness (QED) is 0.0703. The number of likely N-dealkylation sites (tertiary alicyclic amines) is 2. The van der Waals surface area contributed by atoms with E-state index >= 15 is 0 Å². The Morgan fingerprint density at radius 1 is 0.929 bits per heavy atom. The Morgan fingerprint density at radius 2 is 1.48 bits per heavy atom. The van der Waals surface area contributed by atoms with Crippen LogP contribution in [-0.4, -0.2) is 81.3 Å². The molecule has 2 fully saturated rings. The van der Waals surface area contributed by atoms with Crippen molar-refractivity contribution in [2.45, 2.75) is 77.2 Å². The molecule has 13 nitrogen and oxygen atoms in total. The highest BCUT2D eigenvalue weighted by Crippen LogP contribution is 2.31. The summed E-state index contributed by atoms with van der Waals surface area (Å²) < 4.78 is 38.2. The molecule has 0 aromatic heterocycles. The normalized spacial score (nSPS) is 16.9. The van der Waals surface area contributed by atoms with Gasteiger partial charge in [0.2, 0.25) is 12.3 Å². The standard InChI is InChI=1S/C22H28F3N5O.C8H13N3.C5H9NO.C5H11NO/c1-29-13-16(9-14-3-6-17(7-4-14)22(23,24)25)11-20(29)21(31)28-12-15-5-8-19(30(2)27)18(26)10-15;1-6-3-4-8(11(2)10)7(9)5-6;7-5-6-3-1-2-4-6;1-2-3-5(6)4-7/h3-8,10,16,20H,9,11-13,26-27H2,1-2H3,(H,28,31);3-5H,9-10H2,1-2H3;5H,1-4H2;4-5H,2-3,6H2,1H3. The SMILES string of the molecule is CCCC(N)C=O.CN(N)c1ccc(CNC(=O)C2CC(Cc3ccc(C(F)(F)F)cc3)CN2C)cc1N.Cc1ccc(N(C)N)c(N)c1.O=CN1CCCC1. The lowest BCUT2D eigenvalue weighted by Gasteiger charge is -2.19. The van der Waals surface area contributed by atoms with E-state index in [4.69, 9.17) is 28.9 Å². The molecule has 0 radical (unpaired) electrons. The number of amides is 2. The lowest BCUT2D eigenvalue weighted by atomic mass is 9.96. The summed E-state index contributed by atoms with van der Waals surface area (Å²) in [5, 5.41) is 5.89. The van der Waals surface area contributed by atoms with Crippen molar-refractivity contribution in [1.82, 2.24) is 15.1 Å². The molecule has 56 heavy (non-hydrogen) atoms. The second kappa shape index (κ2) is 23.2. The highest BCUT2D eigenvalue weighted by molar-refractivity contribution is 5.82. The Balaban J connectivity index is 0.000000348. The molecular formula is C40H61F3N10O3. The fourth-order valence-electron chi connectivity index (χ4n) is 6.31. The minimum absolute atomic E-state index is 0.0731. The number of carbonyl (C=O) groups is 3. The molecule has 5 rings (SSSR count). The third-order valence-corrected chi connectivity index (χ3v) is 9.33. The average Bonchev–Trinajstić information content (AvgIpc) is 3.80. The van der Waals surface area contributed by atoms with E-state index in [2.05, 4.69) is 5.32 Å². The molecule has 2 amide bonds. The number of benzene rings is 3. The molecule has 11 N–H and O–H groups in total. The van der Waals surface area contributed by atoms with Crippen molar-refractivity contribution in [1.29, 1.82) is 0 Å².